The second kappa shape index (κ2) is 12.6. The topological polar surface area (TPSA) is 93.9 Å². The lowest BCUT2D eigenvalue weighted by Gasteiger charge is -2.64. The summed E-state index contributed by atoms with van der Waals surface area (Å²) in [7, 11) is -0.565. The molecule has 0 aromatic heterocycles. The van der Waals surface area contributed by atoms with Gasteiger partial charge in [-0.1, -0.05) is 50.6 Å². The standard InChI is InChI=1S/C35H45BF3N3O4/c1-33(2)26-20-28(33)34(3)29(21-26)45-36(46-34)30(14-4-5-15-40)41-31(43)27-13-8-16-42(27)32(44)24-11-6-9-22(18-24)17-23-10-7-12-25(19-23)35(37,38)39/h6-7,9-12,18-19,26-30H,4-5,8,13-17,20-21,40H2,1-3H3,(H,41,43)/t26-,27-,28-,29+,30-,34-/m0/s1. The third-order valence-electron chi connectivity index (χ3n) is 11.2. The lowest BCUT2D eigenvalue weighted by Crippen LogP contribution is -2.65. The Bertz CT molecular complexity index is 1450. The number of carbonyl (C=O) groups is 2. The van der Waals surface area contributed by atoms with Crippen LogP contribution in [0, 0.1) is 17.3 Å². The van der Waals surface area contributed by atoms with Crippen molar-refractivity contribution in [3.05, 3.63) is 70.8 Å². The highest BCUT2D eigenvalue weighted by atomic mass is 19.4. The summed E-state index contributed by atoms with van der Waals surface area (Å²) in [5.41, 5.74) is 6.52. The van der Waals surface area contributed by atoms with Crippen LogP contribution in [0.15, 0.2) is 48.5 Å². The van der Waals surface area contributed by atoms with Gasteiger partial charge in [-0.3, -0.25) is 9.59 Å². The maximum atomic E-state index is 13.8. The molecular formula is C35H45BF3N3O4. The molecule has 2 heterocycles. The number of rotatable bonds is 10. The highest BCUT2D eigenvalue weighted by Crippen LogP contribution is 2.65. The molecule has 248 valence electrons. The van der Waals surface area contributed by atoms with E-state index in [1.807, 2.05) is 0 Å². The molecule has 2 aromatic rings. The molecule has 0 radical (unpaired) electrons. The van der Waals surface area contributed by atoms with Gasteiger partial charge in [-0.05, 0) is 105 Å². The molecule has 3 N–H and O–H groups in total. The quantitative estimate of drug-likeness (QED) is 0.254. The Morgan fingerprint density at radius 2 is 1.83 bits per heavy atom. The van der Waals surface area contributed by atoms with Gasteiger partial charge < -0.3 is 25.3 Å². The molecule has 6 atom stereocenters. The molecule has 5 aliphatic rings. The number of hydrogen-bond acceptors (Lipinski definition) is 5. The number of likely N-dealkylation sites (tertiary alicyclic amines) is 1. The lowest BCUT2D eigenvalue weighted by molar-refractivity contribution is -0.199. The minimum Gasteiger partial charge on any atom is -0.404 e. The number of unbranched alkanes of at least 4 members (excludes halogenated alkanes) is 1. The van der Waals surface area contributed by atoms with Gasteiger partial charge in [-0.25, -0.2) is 0 Å². The van der Waals surface area contributed by atoms with Gasteiger partial charge in [0, 0.05) is 12.1 Å². The number of nitrogens with one attached hydrogen (secondary N) is 1. The number of halogens is 3. The van der Waals surface area contributed by atoms with Gasteiger partial charge >= 0.3 is 13.3 Å². The van der Waals surface area contributed by atoms with Gasteiger partial charge in [0.1, 0.15) is 6.04 Å². The Labute approximate surface area is 269 Å². The van der Waals surface area contributed by atoms with E-state index in [1.54, 1.807) is 35.2 Å². The van der Waals surface area contributed by atoms with Crippen LogP contribution in [0.4, 0.5) is 13.2 Å². The SMILES string of the molecule is CC1(C)[C@@H]2C[C@H]3OB([C@H](CCCCN)NC(=O)[C@@H]4CCCN4C(=O)c4cccc(Cc5cccc(C(F)(F)F)c5)c4)O[C@@]3(C)[C@H]1C2. The van der Waals surface area contributed by atoms with E-state index in [-0.39, 0.29) is 35.7 Å². The predicted octanol–water partition coefficient (Wildman–Crippen LogP) is 5.78. The molecule has 3 saturated carbocycles. The van der Waals surface area contributed by atoms with Gasteiger partial charge in [-0.2, -0.15) is 13.2 Å². The number of benzene rings is 2. The van der Waals surface area contributed by atoms with Crippen molar-refractivity contribution in [3.63, 3.8) is 0 Å². The first-order valence-corrected chi connectivity index (χ1v) is 16.7. The zero-order valence-corrected chi connectivity index (χ0v) is 26.9. The van der Waals surface area contributed by atoms with E-state index >= 15 is 0 Å². The van der Waals surface area contributed by atoms with Crippen molar-refractivity contribution in [2.45, 2.75) is 102 Å². The average Bonchev–Trinajstić information content (AvgIpc) is 3.65. The van der Waals surface area contributed by atoms with Gasteiger partial charge in [0.05, 0.1) is 23.2 Å². The molecule has 5 fully saturated rings. The molecule has 0 spiro atoms. The molecule has 3 aliphatic carbocycles. The van der Waals surface area contributed by atoms with Crippen molar-refractivity contribution in [3.8, 4) is 0 Å². The number of amides is 2. The van der Waals surface area contributed by atoms with Crippen LogP contribution in [0.3, 0.4) is 0 Å². The van der Waals surface area contributed by atoms with Crippen molar-refractivity contribution in [2.75, 3.05) is 13.1 Å². The number of nitrogens with zero attached hydrogens (tertiary/aromatic N) is 1. The summed E-state index contributed by atoms with van der Waals surface area (Å²) in [6.45, 7) is 7.80. The van der Waals surface area contributed by atoms with Crippen molar-refractivity contribution in [1.29, 1.82) is 0 Å². The first-order chi connectivity index (χ1) is 21.8. The Kier molecular flexibility index (Phi) is 9.06. The third-order valence-corrected chi connectivity index (χ3v) is 11.2. The van der Waals surface area contributed by atoms with E-state index in [0.717, 1.165) is 43.4 Å². The Balaban J connectivity index is 1.14. The van der Waals surface area contributed by atoms with E-state index in [0.29, 0.717) is 55.3 Å². The van der Waals surface area contributed by atoms with Crippen LogP contribution >= 0.6 is 0 Å². The van der Waals surface area contributed by atoms with Gasteiger partial charge in [-0.15, -0.1) is 0 Å². The lowest BCUT2D eigenvalue weighted by atomic mass is 9.43. The fraction of sp³-hybridized carbons (Fsp3) is 0.600. The molecule has 11 heteroatoms. The first kappa shape index (κ1) is 33.0. The first-order valence-electron chi connectivity index (χ1n) is 16.7. The molecule has 2 aromatic carbocycles. The molecule has 2 aliphatic heterocycles. The predicted molar refractivity (Wildman–Crippen MR) is 170 cm³/mol. The van der Waals surface area contributed by atoms with Crippen molar-refractivity contribution >= 4 is 18.9 Å². The maximum Gasteiger partial charge on any atom is 0.481 e. The summed E-state index contributed by atoms with van der Waals surface area (Å²) in [5, 5.41) is 3.22. The highest BCUT2D eigenvalue weighted by molar-refractivity contribution is 6.47. The van der Waals surface area contributed by atoms with Crippen LogP contribution in [-0.2, 0) is 26.7 Å². The van der Waals surface area contributed by atoms with Crippen molar-refractivity contribution in [2.24, 2.45) is 23.0 Å². The second-order valence-corrected chi connectivity index (χ2v) is 14.5. The molecule has 46 heavy (non-hydrogen) atoms. The second-order valence-electron chi connectivity index (χ2n) is 14.5. The Morgan fingerprint density at radius 1 is 1.09 bits per heavy atom. The number of hydrogen-bond donors (Lipinski definition) is 2. The number of alkyl halides is 3. The largest absolute Gasteiger partial charge is 0.481 e. The van der Waals surface area contributed by atoms with Crippen molar-refractivity contribution < 1.29 is 32.1 Å². The summed E-state index contributed by atoms with van der Waals surface area (Å²) in [5.74, 6) is 0.166. The van der Waals surface area contributed by atoms with Crippen LogP contribution < -0.4 is 11.1 Å². The van der Waals surface area contributed by atoms with Crippen LogP contribution in [0.1, 0.15) is 92.8 Å². The van der Waals surface area contributed by atoms with E-state index in [2.05, 4.69) is 26.1 Å². The average molecular weight is 640 g/mol. The summed E-state index contributed by atoms with van der Waals surface area (Å²) in [4.78, 5) is 29.2. The minimum absolute atomic E-state index is 0.00374. The van der Waals surface area contributed by atoms with Gasteiger partial charge in [0.2, 0.25) is 5.91 Å². The molecule has 2 bridgehead atoms. The molecule has 2 amide bonds. The van der Waals surface area contributed by atoms with Gasteiger partial charge in [0.15, 0.2) is 0 Å². The number of carbonyl (C=O) groups excluding carboxylic acids is 2. The minimum atomic E-state index is -4.42. The Hall–Kier alpha value is -2.89. The fourth-order valence-electron chi connectivity index (χ4n) is 8.49. The van der Waals surface area contributed by atoms with Crippen LogP contribution in [0.25, 0.3) is 0 Å². The number of nitrogens with two attached hydrogens (primary N) is 1. The molecule has 0 unspecified atom stereocenters. The molecule has 7 nitrogen and oxygen atoms in total. The van der Waals surface area contributed by atoms with Crippen LogP contribution in [0.2, 0.25) is 0 Å². The van der Waals surface area contributed by atoms with E-state index < -0.39 is 30.5 Å². The van der Waals surface area contributed by atoms with E-state index in [1.165, 1.54) is 6.07 Å². The van der Waals surface area contributed by atoms with E-state index in [4.69, 9.17) is 15.0 Å². The molecule has 7 rings (SSSR count). The summed E-state index contributed by atoms with van der Waals surface area (Å²) >= 11 is 0. The zero-order chi connectivity index (χ0) is 32.9. The molecular weight excluding hydrogens is 594 g/mol. The Morgan fingerprint density at radius 3 is 2.54 bits per heavy atom. The summed E-state index contributed by atoms with van der Waals surface area (Å²) in [6, 6.07) is 11.5. The van der Waals surface area contributed by atoms with Crippen molar-refractivity contribution in [1.82, 2.24) is 10.2 Å². The summed E-state index contributed by atoms with van der Waals surface area (Å²) < 4.78 is 52.9. The fourth-order valence-corrected chi connectivity index (χ4v) is 8.49. The van der Waals surface area contributed by atoms with Crippen LogP contribution in [0.5, 0.6) is 0 Å². The monoisotopic (exact) mass is 639 g/mol. The smallest absolute Gasteiger partial charge is 0.404 e. The summed E-state index contributed by atoms with van der Waals surface area (Å²) in [6.07, 6.45) is 1.45. The third kappa shape index (κ3) is 6.22. The molecule has 2 saturated heterocycles. The normalized spacial score (nSPS) is 28.8. The van der Waals surface area contributed by atoms with Crippen LogP contribution in [-0.4, -0.2) is 60.6 Å². The highest BCUT2D eigenvalue weighted by Gasteiger charge is 2.68. The maximum absolute atomic E-state index is 13.8. The van der Waals surface area contributed by atoms with E-state index in [9.17, 15) is 22.8 Å². The van der Waals surface area contributed by atoms with Gasteiger partial charge in [0.25, 0.3) is 5.91 Å². The zero-order valence-electron chi connectivity index (χ0n) is 26.9.